The van der Waals surface area contributed by atoms with Gasteiger partial charge < -0.3 is 19.3 Å². The zero-order valence-electron chi connectivity index (χ0n) is 17.1. The second-order valence-electron chi connectivity index (χ2n) is 7.72. The van der Waals surface area contributed by atoms with Crippen molar-refractivity contribution in [1.82, 2.24) is 9.80 Å². The summed E-state index contributed by atoms with van der Waals surface area (Å²) in [6, 6.07) is 19.9. The zero-order valence-corrected chi connectivity index (χ0v) is 17.1. The van der Waals surface area contributed by atoms with Gasteiger partial charge in [-0.05, 0) is 24.0 Å². The van der Waals surface area contributed by atoms with Crippen molar-refractivity contribution < 1.29 is 19.1 Å². The fourth-order valence-corrected chi connectivity index (χ4v) is 4.04. The number of carbonyl (C=O) groups is 2. The van der Waals surface area contributed by atoms with E-state index in [1.807, 2.05) is 65.6 Å². The van der Waals surface area contributed by atoms with E-state index in [9.17, 15) is 9.59 Å². The molecule has 0 saturated carbocycles. The summed E-state index contributed by atoms with van der Waals surface area (Å²) >= 11 is 0. The summed E-state index contributed by atoms with van der Waals surface area (Å²) in [6.45, 7) is 2.82. The fraction of sp³-hybridized carbons (Fsp3) is 0.417. The highest BCUT2D eigenvalue weighted by molar-refractivity contribution is 5.82. The first-order chi connectivity index (χ1) is 14.7. The summed E-state index contributed by atoms with van der Waals surface area (Å²) < 4.78 is 11.6. The minimum absolute atomic E-state index is 0.00807. The summed E-state index contributed by atoms with van der Waals surface area (Å²) in [5.41, 5.74) is 2.03. The van der Waals surface area contributed by atoms with Gasteiger partial charge in [-0.1, -0.05) is 60.7 Å². The van der Waals surface area contributed by atoms with Crippen LogP contribution < -0.4 is 0 Å². The molecule has 0 radical (unpaired) electrons. The van der Waals surface area contributed by atoms with Gasteiger partial charge in [-0.2, -0.15) is 0 Å². The van der Waals surface area contributed by atoms with Crippen molar-refractivity contribution in [3.63, 3.8) is 0 Å². The largest absolute Gasteiger partial charge is 0.368 e. The number of ether oxygens (including phenoxy) is 2. The first-order valence-corrected chi connectivity index (χ1v) is 10.6. The Morgan fingerprint density at radius 2 is 1.47 bits per heavy atom. The second kappa shape index (κ2) is 9.87. The van der Waals surface area contributed by atoms with Crippen LogP contribution in [0.2, 0.25) is 0 Å². The molecule has 2 saturated heterocycles. The Balaban J connectivity index is 1.32. The Morgan fingerprint density at radius 1 is 0.900 bits per heavy atom. The number of carbonyl (C=O) groups excluding carboxylic acids is 2. The first kappa shape index (κ1) is 20.6. The van der Waals surface area contributed by atoms with Crippen LogP contribution in [-0.4, -0.2) is 67.1 Å². The average molecular weight is 408 g/mol. The molecule has 2 fully saturated rings. The molecule has 0 aliphatic carbocycles. The van der Waals surface area contributed by atoms with Crippen LogP contribution in [0.15, 0.2) is 60.7 Å². The minimum atomic E-state index is -0.298. The number of nitrogens with zero attached hydrogens (tertiary/aromatic N) is 2. The summed E-state index contributed by atoms with van der Waals surface area (Å²) in [6.07, 6.45) is 1.15. The monoisotopic (exact) mass is 408 g/mol. The van der Waals surface area contributed by atoms with Crippen molar-refractivity contribution in [2.45, 2.75) is 25.0 Å². The average Bonchev–Trinajstić information content (AvgIpc) is 3.35. The highest BCUT2D eigenvalue weighted by atomic mass is 16.5. The molecule has 0 aromatic heterocycles. The number of hydrogen-bond acceptors (Lipinski definition) is 4. The molecule has 158 valence electrons. The van der Waals surface area contributed by atoms with Gasteiger partial charge in [0.15, 0.2) is 0 Å². The molecule has 4 rings (SSSR count). The van der Waals surface area contributed by atoms with Crippen molar-refractivity contribution in [2.24, 2.45) is 0 Å². The van der Waals surface area contributed by atoms with Crippen LogP contribution in [0.3, 0.4) is 0 Å². The summed E-state index contributed by atoms with van der Waals surface area (Å²) in [5.74, 6) is 0.0140. The number of rotatable bonds is 6. The molecule has 6 nitrogen and oxygen atoms in total. The molecule has 2 aliphatic rings. The van der Waals surface area contributed by atoms with Crippen LogP contribution in [0.25, 0.3) is 0 Å². The quantitative estimate of drug-likeness (QED) is 0.737. The molecule has 2 aromatic rings. The highest BCUT2D eigenvalue weighted by Crippen LogP contribution is 2.26. The van der Waals surface area contributed by atoms with E-state index in [0.717, 1.165) is 24.0 Å². The van der Waals surface area contributed by atoms with Gasteiger partial charge in [-0.3, -0.25) is 9.59 Å². The SMILES string of the molecule is O=C(COC(c1ccccc1)c1ccccc1)N1CCN(C(=O)[C@@H]2CCCO2)CC1. The highest BCUT2D eigenvalue weighted by Gasteiger charge is 2.31. The summed E-state index contributed by atoms with van der Waals surface area (Å²) in [5, 5.41) is 0. The van der Waals surface area contributed by atoms with Crippen molar-refractivity contribution >= 4 is 11.8 Å². The summed E-state index contributed by atoms with van der Waals surface area (Å²) in [4.78, 5) is 28.9. The van der Waals surface area contributed by atoms with Gasteiger partial charge in [0.2, 0.25) is 5.91 Å². The maximum absolute atomic E-state index is 12.8. The van der Waals surface area contributed by atoms with E-state index < -0.39 is 0 Å². The third kappa shape index (κ3) is 4.89. The first-order valence-electron chi connectivity index (χ1n) is 10.6. The Bertz CT molecular complexity index is 789. The molecular weight excluding hydrogens is 380 g/mol. The van der Waals surface area contributed by atoms with Gasteiger partial charge in [0.1, 0.15) is 18.8 Å². The molecule has 0 bridgehead atoms. The molecular formula is C24H28N2O4. The molecule has 2 aromatic carbocycles. The third-order valence-electron chi connectivity index (χ3n) is 5.73. The van der Waals surface area contributed by atoms with Crippen molar-refractivity contribution in [3.05, 3.63) is 71.8 Å². The lowest BCUT2D eigenvalue weighted by molar-refractivity contribution is -0.147. The Morgan fingerprint density at radius 3 is 2.00 bits per heavy atom. The topological polar surface area (TPSA) is 59.1 Å². The van der Waals surface area contributed by atoms with E-state index in [0.29, 0.717) is 32.8 Å². The van der Waals surface area contributed by atoms with Crippen LogP contribution >= 0.6 is 0 Å². The Kier molecular flexibility index (Phi) is 6.77. The molecule has 0 spiro atoms. The van der Waals surface area contributed by atoms with Gasteiger partial charge in [0, 0.05) is 32.8 Å². The zero-order chi connectivity index (χ0) is 20.8. The van der Waals surface area contributed by atoms with Gasteiger partial charge in [-0.25, -0.2) is 0 Å². The number of benzene rings is 2. The maximum Gasteiger partial charge on any atom is 0.251 e. The standard InChI is InChI=1S/C24H28N2O4/c27-22(25-13-15-26(16-14-25)24(28)21-12-7-17-29-21)18-30-23(19-8-3-1-4-9-19)20-10-5-2-6-11-20/h1-6,8-11,21,23H,7,12-18H2/t21-/m0/s1. The third-order valence-corrected chi connectivity index (χ3v) is 5.73. The van der Waals surface area contributed by atoms with Gasteiger partial charge in [0.05, 0.1) is 0 Å². The molecule has 30 heavy (non-hydrogen) atoms. The lowest BCUT2D eigenvalue weighted by Gasteiger charge is -2.36. The van der Waals surface area contributed by atoms with Crippen LogP contribution in [-0.2, 0) is 19.1 Å². The molecule has 1 atom stereocenters. The van der Waals surface area contributed by atoms with Crippen LogP contribution in [0.4, 0.5) is 0 Å². The van der Waals surface area contributed by atoms with Crippen LogP contribution in [0, 0.1) is 0 Å². The summed E-state index contributed by atoms with van der Waals surface area (Å²) in [7, 11) is 0. The number of hydrogen-bond donors (Lipinski definition) is 0. The molecule has 0 unspecified atom stereocenters. The van der Waals surface area contributed by atoms with E-state index in [1.54, 1.807) is 4.90 Å². The molecule has 2 aliphatic heterocycles. The van der Waals surface area contributed by atoms with Crippen LogP contribution in [0.1, 0.15) is 30.1 Å². The lowest BCUT2D eigenvalue weighted by Crippen LogP contribution is -2.53. The van der Waals surface area contributed by atoms with E-state index in [1.165, 1.54) is 0 Å². The number of amides is 2. The Labute approximate surface area is 177 Å². The van der Waals surface area contributed by atoms with Crippen molar-refractivity contribution in [3.8, 4) is 0 Å². The van der Waals surface area contributed by atoms with E-state index in [2.05, 4.69) is 0 Å². The smallest absolute Gasteiger partial charge is 0.251 e. The van der Waals surface area contributed by atoms with Crippen molar-refractivity contribution in [1.29, 1.82) is 0 Å². The lowest BCUT2D eigenvalue weighted by atomic mass is 10.0. The van der Waals surface area contributed by atoms with Gasteiger partial charge >= 0.3 is 0 Å². The molecule has 2 amide bonds. The normalized spacial score (nSPS) is 19.3. The molecule has 6 heteroatoms. The maximum atomic E-state index is 12.8. The molecule has 0 N–H and O–H groups in total. The Hall–Kier alpha value is -2.70. The van der Waals surface area contributed by atoms with E-state index in [4.69, 9.17) is 9.47 Å². The van der Waals surface area contributed by atoms with E-state index >= 15 is 0 Å². The number of piperazine rings is 1. The van der Waals surface area contributed by atoms with Crippen LogP contribution in [0.5, 0.6) is 0 Å². The minimum Gasteiger partial charge on any atom is -0.368 e. The van der Waals surface area contributed by atoms with Gasteiger partial charge in [0.25, 0.3) is 5.91 Å². The van der Waals surface area contributed by atoms with Gasteiger partial charge in [-0.15, -0.1) is 0 Å². The predicted molar refractivity (Wildman–Crippen MR) is 113 cm³/mol. The molecule has 2 heterocycles. The second-order valence-corrected chi connectivity index (χ2v) is 7.72. The predicted octanol–water partition coefficient (Wildman–Crippen LogP) is 2.64. The van der Waals surface area contributed by atoms with Crippen molar-refractivity contribution in [2.75, 3.05) is 39.4 Å². The fourth-order valence-electron chi connectivity index (χ4n) is 4.04. The van der Waals surface area contributed by atoms with E-state index in [-0.39, 0.29) is 30.6 Å².